The minimum atomic E-state index is 0.462. The van der Waals surface area contributed by atoms with Gasteiger partial charge in [0.15, 0.2) is 0 Å². The molecule has 0 aromatic heterocycles. The Labute approximate surface area is 99.0 Å². The van der Waals surface area contributed by atoms with Crippen molar-refractivity contribution in [1.29, 1.82) is 0 Å². The Balaban J connectivity index is 2.23. The lowest BCUT2D eigenvalue weighted by Gasteiger charge is -2.19. The lowest BCUT2D eigenvalue weighted by molar-refractivity contribution is 0.0951. The third kappa shape index (κ3) is 5.29. The number of rotatable bonds is 7. The van der Waals surface area contributed by atoms with Crippen LogP contribution in [0.2, 0.25) is 0 Å². The third-order valence-electron chi connectivity index (χ3n) is 2.49. The molecule has 1 atom stereocenters. The summed E-state index contributed by atoms with van der Waals surface area (Å²) in [5, 5.41) is 3.49. The summed E-state index contributed by atoms with van der Waals surface area (Å²) < 4.78 is 5.71. The van der Waals surface area contributed by atoms with Crippen molar-refractivity contribution in [3.8, 4) is 0 Å². The van der Waals surface area contributed by atoms with Crippen LogP contribution in [0.15, 0.2) is 30.3 Å². The summed E-state index contributed by atoms with van der Waals surface area (Å²) in [7, 11) is 0. The van der Waals surface area contributed by atoms with Crippen LogP contribution in [-0.2, 0) is 11.3 Å². The van der Waals surface area contributed by atoms with E-state index in [2.05, 4.69) is 38.2 Å². The molecule has 2 nitrogen and oxygen atoms in total. The number of benzene rings is 1. The van der Waals surface area contributed by atoms with Crippen molar-refractivity contribution in [2.24, 2.45) is 0 Å². The van der Waals surface area contributed by atoms with E-state index in [0.29, 0.717) is 18.7 Å². The first-order valence-corrected chi connectivity index (χ1v) is 6.10. The van der Waals surface area contributed by atoms with E-state index >= 15 is 0 Å². The molecule has 1 unspecified atom stereocenters. The second-order valence-corrected chi connectivity index (χ2v) is 4.43. The highest BCUT2D eigenvalue weighted by Gasteiger charge is 2.07. The highest BCUT2D eigenvalue weighted by Crippen LogP contribution is 2.02. The maximum Gasteiger partial charge on any atom is 0.0717 e. The van der Waals surface area contributed by atoms with Crippen LogP contribution in [0.4, 0.5) is 0 Å². The standard InChI is InChI=1S/C14H23NO/c1-4-14(15-12(2)3)11-16-10-13-8-6-5-7-9-13/h5-9,12,14-15H,4,10-11H2,1-3H3. The lowest BCUT2D eigenvalue weighted by Crippen LogP contribution is -2.37. The van der Waals surface area contributed by atoms with Crippen molar-refractivity contribution < 1.29 is 4.74 Å². The van der Waals surface area contributed by atoms with Gasteiger partial charge in [-0.15, -0.1) is 0 Å². The van der Waals surface area contributed by atoms with Crippen molar-refractivity contribution in [3.63, 3.8) is 0 Å². The summed E-state index contributed by atoms with van der Waals surface area (Å²) in [4.78, 5) is 0. The molecule has 2 heteroatoms. The predicted octanol–water partition coefficient (Wildman–Crippen LogP) is 2.98. The number of ether oxygens (including phenoxy) is 1. The normalized spacial score (nSPS) is 13.0. The van der Waals surface area contributed by atoms with E-state index in [1.807, 2.05) is 18.2 Å². The van der Waals surface area contributed by atoms with Gasteiger partial charge in [0.25, 0.3) is 0 Å². The van der Waals surface area contributed by atoms with E-state index in [1.165, 1.54) is 5.56 Å². The first-order valence-electron chi connectivity index (χ1n) is 6.10. The number of hydrogen-bond donors (Lipinski definition) is 1. The highest BCUT2D eigenvalue weighted by atomic mass is 16.5. The molecule has 0 spiro atoms. The molecule has 0 aliphatic carbocycles. The monoisotopic (exact) mass is 221 g/mol. The molecule has 1 N–H and O–H groups in total. The van der Waals surface area contributed by atoms with Crippen molar-refractivity contribution >= 4 is 0 Å². The fraction of sp³-hybridized carbons (Fsp3) is 0.571. The van der Waals surface area contributed by atoms with Crippen LogP contribution in [0.5, 0.6) is 0 Å². The zero-order chi connectivity index (χ0) is 11.8. The van der Waals surface area contributed by atoms with Crippen molar-refractivity contribution in [1.82, 2.24) is 5.32 Å². The van der Waals surface area contributed by atoms with Crippen LogP contribution in [0.25, 0.3) is 0 Å². The Kier molecular flexibility index (Phi) is 6.12. The van der Waals surface area contributed by atoms with Crippen molar-refractivity contribution in [3.05, 3.63) is 35.9 Å². The van der Waals surface area contributed by atoms with Gasteiger partial charge in [-0.1, -0.05) is 51.1 Å². The number of hydrogen-bond acceptors (Lipinski definition) is 2. The largest absolute Gasteiger partial charge is 0.375 e. The van der Waals surface area contributed by atoms with Gasteiger partial charge < -0.3 is 10.1 Å². The van der Waals surface area contributed by atoms with Crippen LogP contribution in [0, 0.1) is 0 Å². The Morgan fingerprint density at radius 3 is 2.44 bits per heavy atom. The van der Waals surface area contributed by atoms with Gasteiger partial charge in [0.2, 0.25) is 0 Å². The molecule has 0 saturated carbocycles. The van der Waals surface area contributed by atoms with Gasteiger partial charge in [-0.3, -0.25) is 0 Å². The summed E-state index contributed by atoms with van der Waals surface area (Å²) in [5.74, 6) is 0. The Morgan fingerprint density at radius 2 is 1.88 bits per heavy atom. The summed E-state index contributed by atoms with van der Waals surface area (Å²) in [6.45, 7) is 8.01. The molecule has 0 aliphatic rings. The smallest absolute Gasteiger partial charge is 0.0717 e. The third-order valence-corrected chi connectivity index (χ3v) is 2.49. The van der Waals surface area contributed by atoms with Gasteiger partial charge in [-0.2, -0.15) is 0 Å². The zero-order valence-corrected chi connectivity index (χ0v) is 10.6. The number of nitrogens with one attached hydrogen (secondary N) is 1. The summed E-state index contributed by atoms with van der Waals surface area (Å²) in [6.07, 6.45) is 1.10. The summed E-state index contributed by atoms with van der Waals surface area (Å²) in [5.41, 5.74) is 1.24. The fourth-order valence-electron chi connectivity index (χ4n) is 1.65. The minimum Gasteiger partial charge on any atom is -0.375 e. The molecule has 90 valence electrons. The van der Waals surface area contributed by atoms with Crippen molar-refractivity contribution in [2.45, 2.75) is 45.9 Å². The van der Waals surface area contributed by atoms with E-state index in [0.717, 1.165) is 13.0 Å². The van der Waals surface area contributed by atoms with E-state index in [-0.39, 0.29) is 0 Å². The first kappa shape index (κ1) is 13.2. The van der Waals surface area contributed by atoms with E-state index < -0.39 is 0 Å². The fourth-order valence-corrected chi connectivity index (χ4v) is 1.65. The van der Waals surface area contributed by atoms with Gasteiger partial charge in [-0.05, 0) is 12.0 Å². The molecule has 16 heavy (non-hydrogen) atoms. The zero-order valence-electron chi connectivity index (χ0n) is 10.6. The predicted molar refractivity (Wildman–Crippen MR) is 68.4 cm³/mol. The molecular weight excluding hydrogens is 198 g/mol. The molecule has 0 amide bonds. The van der Waals surface area contributed by atoms with Crippen LogP contribution in [0.1, 0.15) is 32.8 Å². The molecule has 0 fully saturated rings. The van der Waals surface area contributed by atoms with Crippen LogP contribution >= 0.6 is 0 Å². The average Bonchev–Trinajstić information content (AvgIpc) is 2.28. The maximum absolute atomic E-state index is 5.71. The molecule has 0 aliphatic heterocycles. The first-order chi connectivity index (χ1) is 7.72. The van der Waals surface area contributed by atoms with Crippen LogP contribution in [-0.4, -0.2) is 18.7 Å². The van der Waals surface area contributed by atoms with Crippen molar-refractivity contribution in [2.75, 3.05) is 6.61 Å². The SMILES string of the molecule is CCC(COCc1ccccc1)NC(C)C. The molecule has 0 saturated heterocycles. The van der Waals surface area contributed by atoms with Gasteiger partial charge >= 0.3 is 0 Å². The Hall–Kier alpha value is -0.860. The second-order valence-electron chi connectivity index (χ2n) is 4.43. The van der Waals surface area contributed by atoms with E-state index in [4.69, 9.17) is 4.74 Å². The maximum atomic E-state index is 5.71. The molecule has 0 radical (unpaired) electrons. The average molecular weight is 221 g/mol. The highest BCUT2D eigenvalue weighted by molar-refractivity contribution is 5.13. The molecular formula is C14H23NO. The van der Waals surface area contributed by atoms with Crippen LogP contribution in [0.3, 0.4) is 0 Å². The second kappa shape index (κ2) is 7.42. The van der Waals surface area contributed by atoms with Gasteiger partial charge in [0.1, 0.15) is 0 Å². The molecule has 1 aromatic carbocycles. The van der Waals surface area contributed by atoms with E-state index in [1.54, 1.807) is 0 Å². The van der Waals surface area contributed by atoms with Gasteiger partial charge in [0, 0.05) is 12.1 Å². The topological polar surface area (TPSA) is 21.3 Å². The molecule has 0 heterocycles. The summed E-state index contributed by atoms with van der Waals surface area (Å²) in [6, 6.07) is 11.3. The van der Waals surface area contributed by atoms with Gasteiger partial charge in [0.05, 0.1) is 13.2 Å². The molecule has 0 bridgehead atoms. The van der Waals surface area contributed by atoms with Gasteiger partial charge in [-0.25, -0.2) is 0 Å². The summed E-state index contributed by atoms with van der Waals surface area (Å²) >= 11 is 0. The quantitative estimate of drug-likeness (QED) is 0.764. The van der Waals surface area contributed by atoms with Crippen LogP contribution < -0.4 is 5.32 Å². The molecule has 1 aromatic rings. The Morgan fingerprint density at radius 1 is 1.19 bits per heavy atom. The van der Waals surface area contributed by atoms with E-state index in [9.17, 15) is 0 Å². The minimum absolute atomic E-state index is 0.462. The lowest BCUT2D eigenvalue weighted by atomic mass is 10.2. The molecule has 1 rings (SSSR count). The Bertz CT molecular complexity index is 271.